The highest BCUT2D eigenvalue weighted by molar-refractivity contribution is 7.89. The van der Waals surface area contributed by atoms with Crippen LogP contribution in [-0.4, -0.2) is 44.8 Å². The number of halogens is 1. The molecule has 4 aromatic rings. The highest BCUT2D eigenvalue weighted by Crippen LogP contribution is 2.34. The number of aromatic nitrogens is 4. The number of rotatable bonds is 9. The maximum Gasteiger partial charge on any atom is 0.216 e. The molecule has 3 heterocycles. The number of pyridine rings is 2. The maximum atomic E-state index is 12.8. The van der Waals surface area contributed by atoms with Gasteiger partial charge in [-0.25, -0.2) is 17.7 Å². The van der Waals surface area contributed by atoms with Crippen LogP contribution in [0.3, 0.4) is 0 Å². The van der Waals surface area contributed by atoms with Crippen LogP contribution in [-0.2, 0) is 30.2 Å². The second kappa shape index (κ2) is 10.5. The highest BCUT2D eigenvalue weighted by atomic mass is 35.5. The number of fused-ring (bicyclic) bond motifs is 1. The molecular formula is C26H30ClN5O3S. The third-order valence-corrected chi connectivity index (χ3v) is 9.08. The van der Waals surface area contributed by atoms with Gasteiger partial charge >= 0.3 is 0 Å². The normalized spacial score (nSPS) is 12.9. The van der Waals surface area contributed by atoms with E-state index in [1.807, 2.05) is 55.9 Å². The third kappa shape index (κ3) is 5.09. The Labute approximate surface area is 216 Å². The van der Waals surface area contributed by atoms with E-state index in [-0.39, 0.29) is 13.2 Å². The Balaban J connectivity index is 1.67. The van der Waals surface area contributed by atoms with E-state index in [0.29, 0.717) is 28.3 Å². The largest absolute Gasteiger partial charge is 0.487 e. The Kier molecular flexibility index (Phi) is 7.63. The van der Waals surface area contributed by atoms with E-state index in [2.05, 4.69) is 10.1 Å². The van der Waals surface area contributed by atoms with Crippen LogP contribution in [0.4, 0.5) is 0 Å². The molecule has 1 aromatic carbocycles. The number of aryl methyl sites for hydroxylation is 2. The molecule has 3 aromatic heterocycles. The Morgan fingerprint density at radius 1 is 1.22 bits per heavy atom. The molecule has 0 aliphatic carbocycles. The first-order valence-corrected chi connectivity index (χ1v) is 13.6. The van der Waals surface area contributed by atoms with Gasteiger partial charge in [0.05, 0.1) is 16.0 Å². The molecule has 0 amide bonds. The summed E-state index contributed by atoms with van der Waals surface area (Å²) >= 11 is 6.50. The van der Waals surface area contributed by atoms with Gasteiger partial charge < -0.3 is 4.74 Å². The second-order valence-electron chi connectivity index (χ2n) is 8.87. The van der Waals surface area contributed by atoms with Crippen LogP contribution in [0.5, 0.6) is 5.75 Å². The Hall–Kier alpha value is -3.01. The summed E-state index contributed by atoms with van der Waals surface area (Å²) in [4.78, 5) is 8.94. The number of benzene rings is 1. The predicted octanol–water partition coefficient (Wildman–Crippen LogP) is 5.13. The molecule has 0 aliphatic rings. The van der Waals surface area contributed by atoms with Gasteiger partial charge in [0.15, 0.2) is 0 Å². The van der Waals surface area contributed by atoms with Crippen molar-refractivity contribution in [2.45, 2.75) is 45.6 Å². The lowest BCUT2D eigenvalue weighted by Gasteiger charge is -2.22. The molecule has 0 N–H and O–H groups in total. The fourth-order valence-electron chi connectivity index (χ4n) is 4.11. The molecule has 0 bridgehead atoms. The SMILES string of the molecule is CCC(C)S(=O)(=O)N(C)Cc1cncc(Cl)c1COc1cccc2c(-c3ccnn3C)cc(C)nc12. The molecule has 190 valence electrons. The van der Waals surface area contributed by atoms with Gasteiger partial charge in [-0.2, -0.15) is 5.10 Å². The number of nitrogens with zero attached hydrogens (tertiary/aromatic N) is 5. The summed E-state index contributed by atoms with van der Waals surface area (Å²) in [6, 6.07) is 9.81. The van der Waals surface area contributed by atoms with Crippen LogP contribution in [0.15, 0.2) is 48.9 Å². The first-order valence-electron chi connectivity index (χ1n) is 11.7. The molecule has 0 fully saturated rings. The first kappa shape index (κ1) is 26.1. The molecule has 36 heavy (non-hydrogen) atoms. The summed E-state index contributed by atoms with van der Waals surface area (Å²) in [7, 11) is 0.0364. The zero-order valence-corrected chi connectivity index (χ0v) is 22.6. The lowest BCUT2D eigenvalue weighted by molar-refractivity contribution is 0.306. The number of para-hydroxylation sites is 1. The Morgan fingerprint density at radius 2 is 2.00 bits per heavy atom. The molecule has 0 radical (unpaired) electrons. The monoisotopic (exact) mass is 527 g/mol. The van der Waals surface area contributed by atoms with E-state index in [4.69, 9.17) is 21.3 Å². The minimum absolute atomic E-state index is 0.143. The van der Waals surface area contributed by atoms with Crippen molar-refractivity contribution in [2.24, 2.45) is 7.05 Å². The first-order chi connectivity index (χ1) is 17.1. The van der Waals surface area contributed by atoms with Crippen molar-refractivity contribution in [2.75, 3.05) is 7.05 Å². The fraction of sp³-hybridized carbons (Fsp3) is 0.346. The molecular weight excluding hydrogens is 498 g/mol. The predicted molar refractivity (Wildman–Crippen MR) is 142 cm³/mol. The van der Waals surface area contributed by atoms with Crippen LogP contribution in [0, 0.1) is 6.92 Å². The standard InChI is InChI=1S/C26H30ClN5O3S/c1-6-18(3)36(33,34)31(4)15-19-13-28-14-23(27)22(19)16-35-25-9-7-8-20-21(12-17(2)30-26(20)25)24-10-11-29-32(24)5/h7-14,18H,6,15-16H2,1-5H3. The molecule has 0 spiro atoms. The maximum absolute atomic E-state index is 12.8. The van der Waals surface area contributed by atoms with Crippen molar-refractivity contribution < 1.29 is 13.2 Å². The summed E-state index contributed by atoms with van der Waals surface area (Å²) in [5.41, 5.74) is 4.97. The molecule has 8 nitrogen and oxygen atoms in total. The van der Waals surface area contributed by atoms with E-state index >= 15 is 0 Å². The van der Waals surface area contributed by atoms with Crippen LogP contribution in [0.2, 0.25) is 5.02 Å². The van der Waals surface area contributed by atoms with Crippen molar-refractivity contribution in [3.05, 3.63) is 70.8 Å². The summed E-state index contributed by atoms with van der Waals surface area (Å²) in [6.07, 6.45) is 5.48. The van der Waals surface area contributed by atoms with Gasteiger partial charge in [0.25, 0.3) is 0 Å². The summed E-state index contributed by atoms with van der Waals surface area (Å²) < 4.78 is 35.0. The van der Waals surface area contributed by atoms with Gasteiger partial charge in [0.2, 0.25) is 10.0 Å². The lowest BCUT2D eigenvalue weighted by atomic mass is 10.0. The summed E-state index contributed by atoms with van der Waals surface area (Å²) in [5.74, 6) is 0.610. The second-order valence-corrected chi connectivity index (χ2v) is 11.7. The van der Waals surface area contributed by atoms with Crippen molar-refractivity contribution in [3.63, 3.8) is 0 Å². The smallest absolute Gasteiger partial charge is 0.216 e. The van der Waals surface area contributed by atoms with Crippen molar-refractivity contribution in [3.8, 4) is 17.0 Å². The zero-order valence-electron chi connectivity index (χ0n) is 21.1. The van der Waals surface area contributed by atoms with Gasteiger partial charge in [0.1, 0.15) is 17.9 Å². The topological polar surface area (TPSA) is 90.2 Å². The van der Waals surface area contributed by atoms with E-state index in [9.17, 15) is 8.42 Å². The van der Waals surface area contributed by atoms with Crippen LogP contribution < -0.4 is 4.74 Å². The third-order valence-electron chi connectivity index (χ3n) is 6.40. The Bertz CT molecular complexity index is 1500. The van der Waals surface area contributed by atoms with Crippen LogP contribution in [0.1, 0.15) is 37.1 Å². The van der Waals surface area contributed by atoms with Crippen molar-refractivity contribution >= 4 is 32.5 Å². The van der Waals surface area contributed by atoms with Gasteiger partial charge in [-0.15, -0.1) is 0 Å². The summed E-state index contributed by atoms with van der Waals surface area (Å²) in [6.45, 7) is 5.80. The van der Waals surface area contributed by atoms with Gasteiger partial charge in [-0.3, -0.25) is 9.67 Å². The summed E-state index contributed by atoms with van der Waals surface area (Å²) in [5, 5.41) is 5.19. The number of hydrogen-bond acceptors (Lipinski definition) is 6. The van der Waals surface area contributed by atoms with E-state index in [1.54, 1.807) is 32.6 Å². The zero-order chi connectivity index (χ0) is 26.0. The molecule has 0 saturated carbocycles. The number of hydrogen-bond donors (Lipinski definition) is 0. The minimum atomic E-state index is -3.44. The molecule has 1 atom stereocenters. The molecule has 0 saturated heterocycles. The van der Waals surface area contributed by atoms with Gasteiger partial charge in [-0.05, 0) is 44.0 Å². The minimum Gasteiger partial charge on any atom is -0.487 e. The van der Waals surface area contributed by atoms with Crippen LogP contribution >= 0.6 is 11.6 Å². The molecule has 0 aliphatic heterocycles. The highest BCUT2D eigenvalue weighted by Gasteiger charge is 2.25. The quantitative estimate of drug-likeness (QED) is 0.299. The van der Waals surface area contributed by atoms with Gasteiger partial charge in [0, 0.05) is 61.4 Å². The average Bonchev–Trinajstić information content (AvgIpc) is 3.28. The van der Waals surface area contributed by atoms with Crippen molar-refractivity contribution in [1.29, 1.82) is 0 Å². The van der Waals surface area contributed by atoms with E-state index in [0.717, 1.165) is 27.9 Å². The van der Waals surface area contributed by atoms with E-state index < -0.39 is 15.3 Å². The fourth-order valence-corrected chi connectivity index (χ4v) is 5.70. The molecule has 1 unspecified atom stereocenters. The molecule has 10 heteroatoms. The number of ether oxygens (including phenoxy) is 1. The van der Waals surface area contributed by atoms with Crippen LogP contribution in [0.25, 0.3) is 22.2 Å². The number of sulfonamides is 1. The lowest BCUT2D eigenvalue weighted by Crippen LogP contribution is -2.34. The molecule has 4 rings (SSSR count). The van der Waals surface area contributed by atoms with Crippen molar-refractivity contribution in [1.82, 2.24) is 24.1 Å². The van der Waals surface area contributed by atoms with Gasteiger partial charge in [-0.1, -0.05) is 30.7 Å². The Morgan fingerprint density at radius 3 is 2.69 bits per heavy atom. The average molecular weight is 528 g/mol. The van der Waals surface area contributed by atoms with E-state index in [1.165, 1.54) is 4.31 Å².